The van der Waals surface area contributed by atoms with E-state index in [4.69, 9.17) is 11.6 Å². The predicted octanol–water partition coefficient (Wildman–Crippen LogP) is 3.36. The molecule has 3 heterocycles. The number of fused-ring (bicyclic) bond motifs is 1. The number of thiazole rings is 1. The summed E-state index contributed by atoms with van der Waals surface area (Å²) in [4.78, 5) is 9.57. The van der Waals surface area contributed by atoms with E-state index >= 15 is 0 Å². The zero-order valence-corrected chi connectivity index (χ0v) is 11.3. The fourth-order valence-electron chi connectivity index (χ4n) is 1.82. The molecule has 0 fully saturated rings. The highest BCUT2D eigenvalue weighted by atomic mass is 35.5. The molecule has 1 N–H and O–H groups in total. The van der Waals surface area contributed by atoms with Crippen LogP contribution >= 0.6 is 22.9 Å². The van der Waals surface area contributed by atoms with Crippen LogP contribution < -0.4 is 5.32 Å². The molecule has 0 aliphatic carbocycles. The van der Waals surface area contributed by atoms with E-state index in [0.29, 0.717) is 11.7 Å². The molecule has 6 heteroatoms. The van der Waals surface area contributed by atoms with Crippen LogP contribution in [0.5, 0.6) is 0 Å². The number of anilines is 1. The minimum atomic E-state index is 0.501. The van der Waals surface area contributed by atoms with Gasteiger partial charge in [-0.1, -0.05) is 11.6 Å². The van der Waals surface area contributed by atoms with Crippen molar-refractivity contribution in [3.05, 3.63) is 46.4 Å². The van der Waals surface area contributed by atoms with Gasteiger partial charge in [-0.15, -0.1) is 11.3 Å². The molecule has 0 saturated carbocycles. The first-order valence-electron chi connectivity index (χ1n) is 5.50. The third kappa shape index (κ3) is 2.07. The SMILES string of the molecule is Cc1nc2sccn2c1CNc1ccc(Cl)nc1. The summed E-state index contributed by atoms with van der Waals surface area (Å²) in [5.74, 6) is 0. The molecule has 3 aromatic rings. The third-order valence-electron chi connectivity index (χ3n) is 2.75. The van der Waals surface area contributed by atoms with Gasteiger partial charge in [0.2, 0.25) is 0 Å². The Bertz CT molecular complexity index is 671. The van der Waals surface area contributed by atoms with E-state index in [2.05, 4.69) is 19.7 Å². The van der Waals surface area contributed by atoms with Gasteiger partial charge in [0.05, 0.1) is 29.8 Å². The standard InChI is InChI=1S/C12H11ClN4S/c1-8-10(17-4-5-18-12(17)16-8)7-14-9-2-3-11(13)15-6-9/h2-6,14H,7H2,1H3. The number of rotatable bonds is 3. The lowest BCUT2D eigenvalue weighted by Gasteiger charge is -2.06. The number of aryl methyl sites for hydroxylation is 1. The fraction of sp³-hybridized carbons (Fsp3) is 0.167. The van der Waals surface area contributed by atoms with Crippen LogP contribution in [0.25, 0.3) is 4.96 Å². The molecule has 4 nitrogen and oxygen atoms in total. The zero-order valence-electron chi connectivity index (χ0n) is 9.72. The molecule has 0 spiro atoms. The number of nitrogens with one attached hydrogen (secondary N) is 1. The highest BCUT2D eigenvalue weighted by molar-refractivity contribution is 7.15. The Kier molecular flexibility index (Phi) is 2.93. The molecule has 0 aliphatic heterocycles. The first-order chi connectivity index (χ1) is 8.74. The summed E-state index contributed by atoms with van der Waals surface area (Å²) in [7, 11) is 0. The molecule has 0 aromatic carbocycles. The number of aromatic nitrogens is 3. The van der Waals surface area contributed by atoms with Crippen molar-refractivity contribution in [3.8, 4) is 0 Å². The van der Waals surface area contributed by atoms with E-state index in [0.717, 1.165) is 16.3 Å². The van der Waals surface area contributed by atoms with E-state index in [-0.39, 0.29) is 0 Å². The minimum Gasteiger partial charge on any atom is -0.378 e. The van der Waals surface area contributed by atoms with Crippen LogP contribution in [0.2, 0.25) is 5.15 Å². The maximum Gasteiger partial charge on any atom is 0.194 e. The molecule has 92 valence electrons. The second-order valence-electron chi connectivity index (χ2n) is 3.92. The monoisotopic (exact) mass is 278 g/mol. The first kappa shape index (κ1) is 11.5. The molecule has 0 unspecified atom stereocenters. The van der Waals surface area contributed by atoms with Gasteiger partial charge < -0.3 is 5.32 Å². The number of pyridine rings is 1. The Morgan fingerprint density at radius 3 is 3.11 bits per heavy atom. The summed E-state index contributed by atoms with van der Waals surface area (Å²) in [6.07, 6.45) is 3.76. The molecule has 0 saturated heterocycles. The third-order valence-corrected chi connectivity index (χ3v) is 3.73. The van der Waals surface area contributed by atoms with Gasteiger partial charge in [-0.25, -0.2) is 9.97 Å². The number of imidazole rings is 1. The van der Waals surface area contributed by atoms with Crippen LogP contribution in [0.1, 0.15) is 11.4 Å². The molecule has 18 heavy (non-hydrogen) atoms. The van der Waals surface area contributed by atoms with Crippen molar-refractivity contribution in [2.45, 2.75) is 13.5 Å². The topological polar surface area (TPSA) is 42.2 Å². The van der Waals surface area contributed by atoms with Gasteiger partial charge in [0, 0.05) is 11.6 Å². The average Bonchev–Trinajstić information content (AvgIpc) is 2.90. The fourth-order valence-corrected chi connectivity index (χ4v) is 2.71. The van der Waals surface area contributed by atoms with E-state index in [1.165, 1.54) is 5.69 Å². The van der Waals surface area contributed by atoms with Gasteiger partial charge in [-0.3, -0.25) is 4.40 Å². The molecule has 3 rings (SSSR count). The zero-order chi connectivity index (χ0) is 12.5. The second kappa shape index (κ2) is 4.59. The Morgan fingerprint density at radius 1 is 1.44 bits per heavy atom. The molecule has 0 radical (unpaired) electrons. The second-order valence-corrected chi connectivity index (χ2v) is 5.18. The van der Waals surface area contributed by atoms with Gasteiger partial charge in [0.25, 0.3) is 0 Å². The number of halogens is 1. The average molecular weight is 279 g/mol. The number of hydrogen-bond donors (Lipinski definition) is 1. The van der Waals surface area contributed by atoms with Crippen molar-refractivity contribution in [1.82, 2.24) is 14.4 Å². The maximum absolute atomic E-state index is 5.75. The van der Waals surface area contributed by atoms with Gasteiger partial charge in [-0.2, -0.15) is 0 Å². The summed E-state index contributed by atoms with van der Waals surface area (Å²) >= 11 is 7.39. The maximum atomic E-state index is 5.75. The first-order valence-corrected chi connectivity index (χ1v) is 6.76. The molecule has 3 aromatic heterocycles. The van der Waals surface area contributed by atoms with Crippen LogP contribution in [0.4, 0.5) is 5.69 Å². The summed E-state index contributed by atoms with van der Waals surface area (Å²) in [6.45, 7) is 2.74. The highest BCUT2D eigenvalue weighted by Crippen LogP contribution is 2.18. The van der Waals surface area contributed by atoms with Crippen molar-refractivity contribution >= 4 is 33.6 Å². The van der Waals surface area contributed by atoms with Crippen LogP contribution in [0, 0.1) is 6.92 Å². The summed E-state index contributed by atoms with van der Waals surface area (Å²) in [5, 5.41) is 5.86. The van der Waals surface area contributed by atoms with Gasteiger partial charge in [0.1, 0.15) is 5.15 Å². The van der Waals surface area contributed by atoms with Gasteiger partial charge in [0.15, 0.2) is 4.96 Å². The molecule has 0 atom stereocenters. The van der Waals surface area contributed by atoms with E-state index < -0.39 is 0 Å². The van der Waals surface area contributed by atoms with E-state index in [1.807, 2.05) is 24.6 Å². The molecule has 0 bridgehead atoms. The normalized spacial score (nSPS) is 11.0. The molecular formula is C12H11ClN4S. The van der Waals surface area contributed by atoms with E-state index in [1.54, 1.807) is 23.6 Å². The molecule has 0 amide bonds. The highest BCUT2D eigenvalue weighted by Gasteiger charge is 2.08. The Labute approximate surface area is 113 Å². The van der Waals surface area contributed by atoms with Gasteiger partial charge >= 0.3 is 0 Å². The predicted molar refractivity (Wildman–Crippen MR) is 74.4 cm³/mol. The minimum absolute atomic E-state index is 0.501. The van der Waals surface area contributed by atoms with Crippen molar-refractivity contribution in [1.29, 1.82) is 0 Å². The van der Waals surface area contributed by atoms with Crippen molar-refractivity contribution in [3.63, 3.8) is 0 Å². The Hall–Kier alpha value is -1.59. The van der Waals surface area contributed by atoms with Crippen LogP contribution in [-0.2, 0) is 6.54 Å². The van der Waals surface area contributed by atoms with Gasteiger partial charge in [-0.05, 0) is 19.1 Å². The Morgan fingerprint density at radius 2 is 2.33 bits per heavy atom. The lowest BCUT2D eigenvalue weighted by molar-refractivity contribution is 0.992. The largest absolute Gasteiger partial charge is 0.378 e. The quantitative estimate of drug-likeness (QED) is 0.747. The van der Waals surface area contributed by atoms with Crippen molar-refractivity contribution in [2.75, 3.05) is 5.32 Å². The lowest BCUT2D eigenvalue weighted by Crippen LogP contribution is -2.03. The Balaban J connectivity index is 1.82. The summed E-state index contributed by atoms with van der Waals surface area (Å²) in [6, 6.07) is 3.68. The molecular weight excluding hydrogens is 268 g/mol. The van der Waals surface area contributed by atoms with E-state index in [9.17, 15) is 0 Å². The molecule has 0 aliphatic rings. The van der Waals surface area contributed by atoms with Crippen molar-refractivity contribution in [2.24, 2.45) is 0 Å². The smallest absolute Gasteiger partial charge is 0.194 e. The summed E-state index contributed by atoms with van der Waals surface area (Å²) in [5.41, 5.74) is 3.17. The van der Waals surface area contributed by atoms with Crippen LogP contribution in [0.3, 0.4) is 0 Å². The lowest BCUT2D eigenvalue weighted by atomic mass is 10.3. The number of nitrogens with zero attached hydrogens (tertiary/aromatic N) is 3. The number of hydrogen-bond acceptors (Lipinski definition) is 4. The van der Waals surface area contributed by atoms with Crippen molar-refractivity contribution < 1.29 is 0 Å². The van der Waals surface area contributed by atoms with Crippen LogP contribution in [0.15, 0.2) is 29.9 Å². The van der Waals surface area contributed by atoms with Crippen LogP contribution in [-0.4, -0.2) is 14.4 Å². The summed E-state index contributed by atoms with van der Waals surface area (Å²) < 4.78 is 2.11.